The van der Waals surface area contributed by atoms with Crippen LogP contribution in [0.3, 0.4) is 0 Å². The van der Waals surface area contributed by atoms with Gasteiger partial charge in [0.05, 0.1) is 6.04 Å². The van der Waals surface area contributed by atoms with Crippen molar-refractivity contribution in [2.24, 2.45) is 5.92 Å². The van der Waals surface area contributed by atoms with E-state index in [0.717, 1.165) is 13.0 Å². The third-order valence-electron chi connectivity index (χ3n) is 3.44. The van der Waals surface area contributed by atoms with E-state index in [-0.39, 0.29) is 17.5 Å². The maximum Gasteiger partial charge on any atom is 0.236 e. The van der Waals surface area contributed by atoms with Gasteiger partial charge in [-0.1, -0.05) is 13.8 Å². The Kier molecular flexibility index (Phi) is 4.78. The second kappa shape index (κ2) is 5.67. The number of hydrogen-bond donors (Lipinski definition) is 2. The minimum Gasteiger partial charge on any atom is -0.355 e. The van der Waals surface area contributed by atoms with Crippen molar-refractivity contribution in [2.45, 2.75) is 65.0 Å². The fourth-order valence-corrected chi connectivity index (χ4v) is 2.08. The minimum atomic E-state index is -0.0718. The molecule has 0 spiro atoms. The summed E-state index contributed by atoms with van der Waals surface area (Å²) in [7, 11) is 0. The highest BCUT2D eigenvalue weighted by Crippen LogP contribution is 2.31. The standard InChI is InChI=1S/C13H26N2O/c1-10(2)6-9-14-12(16)11(3)15-13(4)7-5-8-13/h10-11,15H,5-9H2,1-4H3,(H,14,16). The highest BCUT2D eigenvalue weighted by Gasteiger charge is 2.33. The highest BCUT2D eigenvalue weighted by atomic mass is 16.2. The molecule has 0 bridgehead atoms. The molecule has 0 aromatic heterocycles. The first-order chi connectivity index (χ1) is 7.43. The molecule has 0 radical (unpaired) electrons. The Hall–Kier alpha value is -0.570. The predicted octanol–water partition coefficient (Wildman–Crippen LogP) is 2.07. The molecule has 0 saturated heterocycles. The van der Waals surface area contributed by atoms with Gasteiger partial charge in [-0.2, -0.15) is 0 Å². The molecule has 0 aromatic carbocycles. The fraction of sp³-hybridized carbons (Fsp3) is 0.923. The summed E-state index contributed by atoms with van der Waals surface area (Å²) in [4.78, 5) is 11.8. The van der Waals surface area contributed by atoms with Crippen molar-refractivity contribution in [1.29, 1.82) is 0 Å². The first-order valence-electron chi connectivity index (χ1n) is 6.48. The Morgan fingerprint density at radius 2 is 1.94 bits per heavy atom. The lowest BCUT2D eigenvalue weighted by Crippen LogP contribution is -2.56. The van der Waals surface area contributed by atoms with Crippen molar-refractivity contribution < 1.29 is 4.79 Å². The van der Waals surface area contributed by atoms with Crippen molar-refractivity contribution in [1.82, 2.24) is 10.6 Å². The molecule has 1 fully saturated rings. The van der Waals surface area contributed by atoms with Gasteiger partial charge in [-0.25, -0.2) is 0 Å². The molecule has 3 nitrogen and oxygen atoms in total. The molecule has 1 unspecified atom stereocenters. The quantitative estimate of drug-likeness (QED) is 0.728. The number of nitrogens with one attached hydrogen (secondary N) is 2. The summed E-state index contributed by atoms with van der Waals surface area (Å²) in [5, 5.41) is 6.40. The van der Waals surface area contributed by atoms with Gasteiger partial charge in [0, 0.05) is 12.1 Å². The first-order valence-corrected chi connectivity index (χ1v) is 6.48. The van der Waals surface area contributed by atoms with Crippen LogP contribution in [0.5, 0.6) is 0 Å². The summed E-state index contributed by atoms with van der Waals surface area (Å²) in [5.41, 5.74) is 0.203. The average molecular weight is 226 g/mol. The smallest absolute Gasteiger partial charge is 0.236 e. The van der Waals surface area contributed by atoms with E-state index >= 15 is 0 Å². The summed E-state index contributed by atoms with van der Waals surface area (Å²) in [6, 6.07) is -0.0718. The molecular weight excluding hydrogens is 200 g/mol. The minimum absolute atomic E-state index is 0.0718. The second-order valence-corrected chi connectivity index (χ2v) is 5.75. The zero-order valence-electron chi connectivity index (χ0n) is 11.1. The maximum atomic E-state index is 11.8. The summed E-state index contributed by atoms with van der Waals surface area (Å²) in [5.74, 6) is 0.779. The molecule has 94 valence electrons. The Balaban J connectivity index is 2.20. The van der Waals surface area contributed by atoms with Crippen LogP contribution in [0.1, 0.15) is 53.4 Å². The number of carbonyl (C=O) groups excluding carboxylic acids is 1. The van der Waals surface area contributed by atoms with Gasteiger partial charge in [0.2, 0.25) is 5.91 Å². The average Bonchev–Trinajstić information content (AvgIpc) is 2.14. The molecule has 16 heavy (non-hydrogen) atoms. The lowest BCUT2D eigenvalue weighted by atomic mass is 9.78. The molecule has 0 aromatic rings. The zero-order chi connectivity index (χ0) is 12.2. The number of amides is 1. The summed E-state index contributed by atoms with van der Waals surface area (Å²) in [6.45, 7) is 9.29. The van der Waals surface area contributed by atoms with Gasteiger partial charge in [-0.05, 0) is 45.4 Å². The Morgan fingerprint density at radius 1 is 1.31 bits per heavy atom. The lowest BCUT2D eigenvalue weighted by molar-refractivity contribution is -0.123. The molecule has 1 amide bonds. The molecule has 1 aliphatic rings. The van der Waals surface area contributed by atoms with Crippen LogP contribution in [-0.4, -0.2) is 24.0 Å². The van der Waals surface area contributed by atoms with E-state index in [4.69, 9.17) is 0 Å². The van der Waals surface area contributed by atoms with Gasteiger partial charge < -0.3 is 10.6 Å². The van der Waals surface area contributed by atoms with E-state index in [1.807, 2.05) is 6.92 Å². The molecule has 1 aliphatic carbocycles. The van der Waals surface area contributed by atoms with Crippen LogP contribution < -0.4 is 10.6 Å². The van der Waals surface area contributed by atoms with Gasteiger partial charge in [0.25, 0.3) is 0 Å². The third kappa shape index (κ3) is 4.12. The molecule has 1 rings (SSSR count). The van der Waals surface area contributed by atoms with Crippen molar-refractivity contribution in [3.05, 3.63) is 0 Å². The summed E-state index contributed by atoms with van der Waals surface area (Å²) >= 11 is 0. The van der Waals surface area contributed by atoms with E-state index < -0.39 is 0 Å². The normalized spacial score (nSPS) is 20.3. The monoisotopic (exact) mass is 226 g/mol. The van der Waals surface area contributed by atoms with Crippen LogP contribution in [0.2, 0.25) is 0 Å². The van der Waals surface area contributed by atoms with Gasteiger partial charge >= 0.3 is 0 Å². The summed E-state index contributed by atoms with van der Waals surface area (Å²) < 4.78 is 0. The van der Waals surface area contributed by atoms with E-state index in [2.05, 4.69) is 31.4 Å². The third-order valence-corrected chi connectivity index (χ3v) is 3.44. The van der Waals surface area contributed by atoms with Crippen molar-refractivity contribution in [2.75, 3.05) is 6.54 Å². The molecule has 1 atom stereocenters. The number of rotatable bonds is 6. The zero-order valence-corrected chi connectivity index (χ0v) is 11.1. The van der Waals surface area contributed by atoms with Crippen molar-refractivity contribution >= 4 is 5.91 Å². The van der Waals surface area contributed by atoms with Gasteiger partial charge in [-0.15, -0.1) is 0 Å². The molecule has 3 heteroatoms. The van der Waals surface area contributed by atoms with E-state index in [1.165, 1.54) is 19.3 Å². The van der Waals surface area contributed by atoms with Crippen LogP contribution in [0.4, 0.5) is 0 Å². The van der Waals surface area contributed by atoms with Gasteiger partial charge in [0.15, 0.2) is 0 Å². The Labute approximate surface area is 99.4 Å². The molecular formula is C13H26N2O. The van der Waals surface area contributed by atoms with Gasteiger partial charge in [0.1, 0.15) is 0 Å². The van der Waals surface area contributed by atoms with Crippen LogP contribution in [0, 0.1) is 5.92 Å². The highest BCUT2D eigenvalue weighted by molar-refractivity contribution is 5.81. The lowest BCUT2D eigenvalue weighted by Gasteiger charge is -2.41. The largest absolute Gasteiger partial charge is 0.355 e. The molecule has 0 heterocycles. The van der Waals surface area contributed by atoms with Crippen LogP contribution >= 0.6 is 0 Å². The number of carbonyl (C=O) groups is 1. The Morgan fingerprint density at radius 3 is 2.38 bits per heavy atom. The van der Waals surface area contributed by atoms with Crippen LogP contribution in [-0.2, 0) is 4.79 Å². The van der Waals surface area contributed by atoms with Crippen LogP contribution in [0.25, 0.3) is 0 Å². The topological polar surface area (TPSA) is 41.1 Å². The maximum absolute atomic E-state index is 11.8. The predicted molar refractivity (Wildman–Crippen MR) is 67.3 cm³/mol. The van der Waals surface area contributed by atoms with Crippen LogP contribution in [0.15, 0.2) is 0 Å². The molecule has 1 saturated carbocycles. The summed E-state index contributed by atoms with van der Waals surface area (Å²) in [6.07, 6.45) is 4.72. The Bertz CT molecular complexity index is 234. The molecule has 2 N–H and O–H groups in total. The molecule has 0 aliphatic heterocycles. The fourth-order valence-electron chi connectivity index (χ4n) is 2.08. The second-order valence-electron chi connectivity index (χ2n) is 5.75. The number of hydrogen-bond acceptors (Lipinski definition) is 2. The first kappa shape index (κ1) is 13.5. The van der Waals surface area contributed by atoms with Crippen molar-refractivity contribution in [3.63, 3.8) is 0 Å². The SMILES string of the molecule is CC(C)CCNC(=O)C(C)NC1(C)CCC1. The van der Waals surface area contributed by atoms with E-state index in [0.29, 0.717) is 5.92 Å². The van der Waals surface area contributed by atoms with Crippen molar-refractivity contribution in [3.8, 4) is 0 Å². The van der Waals surface area contributed by atoms with E-state index in [1.54, 1.807) is 0 Å². The van der Waals surface area contributed by atoms with E-state index in [9.17, 15) is 4.79 Å². The van der Waals surface area contributed by atoms with Gasteiger partial charge in [-0.3, -0.25) is 4.79 Å².